The van der Waals surface area contributed by atoms with E-state index in [2.05, 4.69) is 10.6 Å². The number of carbonyl (C=O) groups is 2. The van der Waals surface area contributed by atoms with Crippen LogP contribution in [-0.2, 0) is 4.79 Å². The molecule has 0 fully saturated rings. The summed E-state index contributed by atoms with van der Waals surface area (Å²) in [5, 5.41) is 22.4. The average Bonchev–Trinajstić information content (AvgIpc) is 2.89. The highest BCUT2D eigenvalue weighted by Crippen LogP contribution is 1.98. The average molecular weight is 256 g/mol. The third-order valence-electron chi connectivity index (χ3n) is 2.19. The lowest BCUT2D eigenvalue weighted by Crippen LogP contribution is -2.41. The maximum Gasteiger partial charge on any atom is 0.286 e. The number of hydrogen-bond acceptors (Lipinski definition) is 5. The van der Waals surface area contributed by atoms with E-state index in [4.69, 9.17) is 14.6 Å². The minimum absolute atomic E-state index is 0.0585. The van der Waals surface area contributed by atoms with E-state index in [0.717, 1.165) is 0 Å². The molecule has 1 rings (SSSR count). The lowest BCUT2D eigenvalue weighted by atomic mass is 10.3. The summed E-state index contributed by atoms with van der Waals surface area (Å²) >= 11 is 0. The van der Waals surface area contributed by atoms with Gasteiger partial charge in [-0.2, -0.15) is 0 Å². The van der Waals surface area contributed by atoms with Gasteiger partial charge in [0.05, 0.1) is 25.5 Å². The smallest absolute Gasteiger partial charge is 0.286 e. The number of aliphatic hydroxyl groups excluding tert-OH is 2. The fraction of sp³-hybridized carbons (Fsp3) is 0.455. The normalized spacial score (nSPS) is 10.4. The van der Waals surface area contributed by atoms with Crippen LogP contribution in [0.3, 0.4) is 0 Å². The highest BCUT2D eigenvalue weighted by atomic mass is 16.3. The molecule has 0 saturated carbocycles. The molecule has 100 valence electrons. The zero-order valence-corrected chi connectivity index (χ0v) is 9.76. The molecule has 0 aliphatic heterocycles. The van der Waals surface area contributed by atoms with Gasteiger partial charge in [-0.25, -0.2) is 0 Å². The summed E-state index contributed by atoms with van der Waals surface area (Å²) in [7, 11) is 0. The Balaban J connectivity index is 2.21. The summed E-state index contributed by atoms with van der Waals surface area (Å²) in [4.78, 5) is 22.7. The molecule has 0 aliphatic carbocycles. The molecule has 0 bridgehead atoms. The molecule has 7 nitrogen and oxygen atoms in total. The predicted octanol–water partition coefficient (Wildman–Crippen LogP) is -1.13. The Hall–Kier alpha value is -1.86. The van der Waals surface area contributed by atoms with Crippen molar-refractivity contribution in [1.82, 2.24) is 10.6 Å². The Labute approximate surface area is 104 Å². The van der Waals surface area contributed by atoms with Crippen LogP contribution in [0, 0.1) is 0 Å². The van der Waals surface area contributed by atoms with Gasteiger partial charge < -0.3 is 25.3 Å². The van der Waals surface area contributed by atoms with Crippen molar-refractivity contribution in [3.05, 3.63) is 24.2 Å². The van der Waals surface area contributed by atoms with Crippen molar-refractivity contribution in [1.29, 1.82) is 0 Å². The van der Waals surface area contributed by atoms with E-state index in [1.165, 1.54) is 12.3 Å². The van der Waals surface area contributed by atoms with Gasteiger partial charge >= 0.3 is 0 Å². The van der Waals surface area contributed by atoms with E-state index < -0.39 is 11.9 Å². The van der Waals surface area contributed by atoms with Crippen LogP contribution in [0.2, 0.25) is 0 Å². The van der Waals surface area contributed by atoms with Crippen LogP contribution < -0.4 is 10.6 Å². The van der Waals surface area contributed by atoms with Crippen molar-refractivity contribution >= 4 is 11.8 Å². The number of aliphatic hydroxyl groups is 2. The van der Waals surface area contributed by atoms with Crippen LogP contribution >= 0.6 is 0 Å². The Kier molecular flexibility index (Phi) is 5.89. The SMILES string of the molecule is O=C(CCNC(=O)c1ccco1)NC(CO)CO. The van der Waals surface area contributed by atoms with E-state index >= 15 is 0 Å². The highest BCUT2D eigenvalue weighted by molar-refractivity contribution is 5.91. The Morgan fingerprint density at radius 2 is 2.06 bits per heavy atom. The summed E-state index contributed by atoms with van der Waals surface area (Å²) in [6, 6.07) is 2.44. The van der Waals surface area contributed by atoms with Gasteiger partial charge in [-0.3, -0.25) is 9.59 Å². The predicted molar refractivity (Wildman–Crippen MR) is 61.8 cm³/mol. The zero-order chi connectivity index (χ0) is 13.4. The van der Waals surface area contributed by atoms with Gasteiger partial charge in [-0.15, -0.1) is 0 Å². The number of nitrogens with one attached hydrogen (secondary N) is 2. The first-order valence-corrected chi connectivity index (χ1v) is 5.50. The molecule has 18 heavy (non-hydrogen) atoms. The Morgan fingerprint density at radius 3 is 2.61 bits per heavy atom. The molecule has 0 atom stereocenters. The van der Waals surface area contributed by atoms with Gasteiger partial charge in [-0.05, 0) is 12.1 Å². The molecule has 0 radical (unpaired) electrons. The summed E-state index contributed by atoms with van der Waals surface area (Å²) in [6.07, 6.45) is 1.44. The maximum atomic E-state index is 11.4. The highest BCUT2D eigenvalue weighted by Gasteiger charge is 2.11. The van der Waals surface area contributed by atoms with Crippen LogP contribution in [0.1, 0.15) is 17.0 Å². The van der Waals surface area contributed by atoms with Crippen molar-refractivity contribution in [3.8, 4) is 0 Å². The first-order valence-electron chi connectivity index (χ1n) is 5.50. The van der Waals surface area contributed by atoms with Crippen LogP contribution in [0.25, 0.3) is 0 Å². The van der Waals surface area contributed by atoms with E-state index in [0.29, 0.717) is 0 Å². The first-order chi connectivity index (χ1) is 8.67. The Morgan fingerprint density at radius 1 is 1.33 bits per heavy atom. The van der Waals surface area contributed by atoms with Gasteiger partial charge in [0.2, 0.25) is 5.91 Å². The molecule has 0 unspecified atom stereocenters. The third-order valence-corrected chi connectivity index (χ3v) is 2.19. The van der Waals surface area contributed by atoms with Gasteiger partial charge in [0.15, 0.2) is 5.76 Å². The standard InChI is InChI=1S/C11H16N2O5/c14-6-8(7-15)13-10(16)3-4-12-11(17)9-2-1-5-18-9/h1-2,5,8,14-15H,3-4,6-7H2,(H,12,17)(H,13,16). The summed E-state index contributed by atoms with van der Waals surface area (Å²) < 4.78 is 4.87. The maximum absolute atomic E-state index is 11.4. The molecule has 0 aromatic carbocycles. The van der Waals surface area contributed by atoms with Crippen LogP contribution in [-0.4, -0.2) is 47.8 Å². The number of carbonyl (C=O) groups excluding carboxylic acids is 2. The van der Waals surface area contributed by atoms with Crippen molar-refractivity contribution in [2.75, 3.05) is 19.8 Å². The minimum atomic E-state index is -0.668. The number of amides is 2. The van der Waals surface area contributed by atoms with E-state index in [1.807, 2.05) is 0 Å². The quantitative estimate of drug-likeness (QED) is 0.493. The third kappa shape index (κ3) is 4.56. The van der Waals surface area contributed by atoms with E-state index in [9.17, 15) is 9.59 Å². The van der Waals surface area contributed by atoms with E-state index in [1.54, 1.807) is 6.07 Å². The van der Waals surface area contributed by atoms with Crippen molar-refractivity contribution in [2.45, 2.75) is 12.5 Å². The molecule has 1 heterocycles. The minimum Gasteiger partial charge on any atom is -0.459 e. The number of furan rings is 1. The molecule has 0 saturated heterocycles. The summed E-state index contributed by atoms with van der Waals surface area (Å²) in [5.41, 5.74) is 0. The lowest BCUT2D eigenvalue weighted by Gasteiger charge is -2.13. The molecule has 0 aliphatic rings. The van der Waals surface area contributed by atoms with Crippen LogP contribution in [0.5, 0.6) is 0 Å². The fourth-order valence-electron chi connectivity index (χ4n) is 1.23. The molecule has 0 spiro atoms. The van der Waals surface area contributed by atoms with Gasteiger partial charge in [-0.1, -0.05) is 0 Å². The summed E-state index contributed by atoms with van der Waals surface area (Å²) in [5.74, 6) is -0.574. The van der Waals surface area contributed by atoms with E-state index in [-0.39, 0.29) is 37.8 Å². The molecule has 7 heteroatoms. The lowest BCUT2D eigenvalue weighted by molar-refractivity contribution is -0.122. The monoisotopic (exact) mass is 256 g/mol. The topological polar surface area (TPSA) is 112 Å². The van der Waals surface area contributed by atoms with Gasteiger partial charge in [0, 0.05) is 13.0 Å². The van der Waals surface area contributed by atoms with Crippen molar-refractivity contribution in [3.63, 3.8) is 0 Å². The van der Waals surface area contributed by atoms with Crippen molar-refractivity contribution in [2.24, 2.45) is 0 Å². The van der Waals surface area contributed by atoms with Gasteiger partial charge in [0.1, 0.15) is 0 Å². The number of hydrogen-bond donors (Lipinski definition) is 4. The Bertz CT molecular complexity index is 373. The molecular weight excluding hydrogens is 240 g/mol. The van der Waals surface area contributed by atoms with Crippen molar-refractivity contribution < 1.29 is 24.2 Å². The van der Waals surface area contributed by atoms with Gasteiger partial charge in [0.25, 0.3) is 5.91 Å². The fourth-order valence-corrected chi connectivity index (χ4v) is 1.23. The zero-order valence-electron chi connectivity index (χ0n) is 9.76. The van der Waals surface area contributed by atoms with Crippen LogP contribution in [0.15, 0.2) is 22.8 Å². The van der Waals surface area contributed by atoms with Crippen LogP contribution in [0.4, 0.5) is 0 Å². The molecule has 4 N–H and O–H groups in total. The largest absolute Gasteiger partial charge is 0.459 e. The summed E-state index contributed by atoms with van der Waals surface area (Å²) in [6.45, 7) is -0.517. The molecule has 1 aromatic heterocycles. The second kappa shape index (κ2) is 7.46. The second-order valence-electron chi connectivity index (χ2n) is 3.61. The first kappa shape index (κ1) is 14.2. The molecule has 2 amide bonds. The second-order valence-corrected chi connectivity index (χ2v) is 3.61. The molecule has 1 aromatic rings. The molecular formula is C11H16N2O5. The number of rotatable bonds is 7.